The molecule has 2 heteroatoms. The van der Waals surface area contributed by atoms with Gasteiger partial charge in [-0.2, -0.15) is 0 Å². The summed E-state index contributed by atoms with van der Waals surface area (Å²) in [5.41, 5.74) is 8.64. The van der Waals surface area contributed by atoms with Crippen LogP contribution >= 0.6 is 0 Å². The second kappa shape index (κ2) is 1.77. The lowest BCUT2D eigenvalue weighted by atomic mass is 10.2. The zero-order valence-electron chi connectivity index (χ0n) is 5.29. The van der Waals surface area contributed by atoms with E-state index in [4.69, 9.17) is 10.2 Å². The van der Waals surface area contributed by atoms with Gasteiger partial charge >= 0.3 is 0 Å². The second-order valence-corrected chi connectivity index (χ2v) is 2.17. The predicted octanol–water partition coefficient (Wildman–Crippen LogP) is 2.35. The van der Waals surface area contributed by atoms with Crippen LogP contribution in [0.25, 0.3) is 11.0 Å². The molecule has 0 fully saturated rings. The molecule has 0 unspecified atom stereocenters. The van der Waals surface area contributed by atoms with Crippen LogP contribution in [0.15, 0.2) is 34.9 Å². The van der Waals surface area contributed by atoms with E-state index in [2.05, 4.69) is 0 Å². The van der Waals surface area contributed by atoms with Gasteiger partial charge in [-0.25, -0.2) is 0 Å². The molecule has 2 rings (SSSR count). The molecular weight excluding hydrogens is 126 g/mol. The number of rotatable bonds is 0. The first-order valence-electron chi connectivity index (χ1n) is 3.05. The Kier molecular flexibility index (Phi) is 0.947. The Hall–Kier alpha value is -1.44. The molecule has 1 aromatic carbocycles. The Morgan fingerprint density at radius 1 is 1.20 bits per heavy atom. The first-order chi connectivity index (χ1) is 4.86. The predicted molar refractivity (Wildman–Crippen MR) is 39.0 cm³/mol. The number of fused-ring (bicyclic) bond motifs is 1. The summed E-state index contributed by atoms with van der Waals surface area (Å²) in [4.78, 5) is 0. The van der Waals surface area contributed by atoms with Crippen molar-refractivity contribution < 1.29 is 4.42 Å². The van der Waals surface area contributed by atoms with Crippen LogP contribution < -0.4 is 5.73 Å². The van der Waals surface area contributed by atoms with Gasteiger partial charge in [-0.05, 0) is 24.3 Å². The average Bonchev–Trinajstić information content (AvgIpc) is 2.33. The Balaban J connectivity index is 2.86. The molecule has 1 N–H and O–H groups in total. The summed E-state index contributed by atoms with van der Waals surface area (Å²) in [6.45, 7) is 0. The van der Waals surface area contributed by atoms with Crippen molar-refractivity contribution in [3.63, 3.8) is 0 Å². The van der Waals surface area contributed by atoms with Gasteiger partial charge in [0.1, 0.15) is 5.58 Å². The van der Waals surface area contributed by atoms with Gasteiger partial charge in [0, 0.05) is 5.39 Å². The van der Waals surface area contributed by atoms with Crippen molar-refractivity contribution in [2.45, 2.75) is 0 Å². The number of benzene rings is 1. The molecule has 0 spiro atoms. The van der Waals surface area contributed by atoms with Crippen molar-refractivity contribution in [3.05, 3.63) is 30.5 Å². The van der Waals surface area contributed by atoms with E-state index in [1.54, 1.807) is 24.5 Å². The summed E-state index contributed by atoms with van der Waals surface area (Å²) in [5.74, 6) is 0. The van der Waals surface area contributed by atoms with Crippen molar-refractivity contribution in [2.75, 3.05) is 0 Å². The van der Waals surface area contributed by atoms with Crippen molar-refractivity contribution >= 4 is 16.7 Å². The lowest BCUT2D eigenvalue weighted by Crippen LogP contribution is -1.66. The maximum absolute atomic E-state index is 7.27. The first-order valence-corrected chi connectivity index (χ1v) is 3.05. The van der Waals surface area contributed by atoms with E-state index in [1.165, 1.54) is 0 Å². The highest BCUT2D eigenvalue weighted by Crippen LogP contribution is 2.18. The Labute approximate surface area is 58.2 Å². The van der Waals surface area contributed by atoms with Crippen LogP contribution in [0.1, 0.15) is 0 Å². The van der Waals surface area contributed by atoms with Gasteiger partial charge in [0.05, 0.1) is 12.0 Å². The number of hydrogen-bond acceptors (Lipinski definition) is 1. The summed E-state index contributed by atoms with van der Waals surface area (Å²) in [6.07, 6.45) is 1.63. The third-order valence-corrected chi connectivity index (χ3v) is 1.45. The third-order valence-electron chi connectivity index (χ3n) is 1.45. The standard InChI is InChI=1S/C8H6NO/c9-7-1-2-8-6(5-7)3-4-10-8/h1-5,9H. The highest BCUT2D eigenvalue weighted by Gasteiger charge is 1.94. The molecule has 0 saturated carbocycles. The van der Waals surface area contributed by atoms with Gasteiger partial charge in [0.15, 0.2) is 0 Å². The lowest BCUT2D eigenvalue weighted by Gasteiger charge is -1.88. The van der Waals surface area contributed by atoms with E-state index in [0.717, 1.165) is 11.0 Å². The minimum absolute atomic E-state index is 0.522. The summed E-state index contributed by atoms with van der Waals surface area (Å²) in [7, 11) is 0. The topological polar surface area (TPSA) is 36.9 Å². The maximum Gasteiger partial charge on any atom is 0.134 e. The molecular formula is C8H6NO. The molecule has 10 heavy (non-hydrogen) atoms. The van der Waals surface area contributed by atoms with Crippen LogP contribution in [-0.4, -0.2) is 0 Å². The summed E-state index contributed by atoms with van der Waals surface area (Å²) in [6, 6.07) is 7.15. The number of furan rings is 1. The summed E-state index contributed by atoms with van der Waals surface area (Å²) < 4.78 is 5.09. The van der Waals surface area contributed by atoms with Crippen LogP contribution in [0.5, 0.6) is 0 Å². The molecule has 1 radical (unpaired) electrons. The van der Waals surface area contributed by atoms with Crippen molar-refractivity contribution in [2.24, 2.45) is 0 Å². The molecule has 1 heterocycles. The Bertz CT molecular complexity index is 351. The second-order valence-electron chi connectivity index (χ2n) is 2.17. The average molecular weight is 132 g/mol. The molecule has 0 amide bonds. The van der Waals surface area contributed by atoms with E-state index < -0.39 is 0 Å². The normalized spacial score (nSPS) is 10.4. The fourth-order valence-corrected chi connectivity index (χ4v) is 0.967. The van der Waals surface area contributed by atoms with Crippen molar-refractivity contribution in [3.8, 4) is 0 Å². The molecule has 1 aromatic heterocycles. The molecule has 0 aliphatic rings. The highest BCUT2D eigenvalue weighted by molar-refractivity contribution is 5.79. The van der Waals surface area contributed by atoms with Crippen LogP contribution in [0, 0.1) is 0 Å². The summed E-state index contributed by atoms with van der Waals surface area (Å²) >= 11 is 0. The van der Waals surface area contributed by atoms with Crippen LogP contribution in [0.3, 0.4) is 0 Å². The molecule has 2 aromatic rings. The monoisotopic (exact) mass is 132 g/mol. The van der Waals surface area contributed by atoms with E-state index >= 15 is 0 Å². The van der Waals surface area contributed by atoms with Gasteiger partial charge < -0.3 is 10.2 Å². The smallest absolute Gasteiger partial charge is 0.134 e. The fraction of sp³-hybridized carbons (Fsp3) is 0. The van der Waals surface area contributed by atoms with Gasteiger partial charge in [-0.1, -0.05) is 0 Å². The van der Waals surface area contributed by atoms with Crippen LogP contribution in [-0.2, 0) is 0 Å². The zero-order valence-corrected chi connectivity index (χ0v) is 5.29. The molecule has 0 saturated heterocycles. The van der Waals surface area contributed by atoms with Gasteiger partial charge in [0.25, 0.3) is 0 Å². The molecule has 0 aliphatic carbocycles. The number of nitrogens with one attached hydrogen (secondary N) is 1. The minimum atomic E-state index is 0.522. The largest absolute Gasteiger partial charge is 0.464 e. The van der Waals surface area contributed by atoms with Gasteiger partial charge in [-0.3, -0.25) is 0 Å². The first kappa shape index (κ1) is 5.35. The molecule has 2 nitrogen and oxygen atoms in total. The van der Waals surface area contributed by atoms with E-state index in [9.17, 15) is 0 Å². The SMILES string of the molecule is [NH]c1ccc2occc2c1. The van der Waals surface area contributed by atoms with Crippen molar-refractivity contribution in [1.29, 1.82) is 0 Å². The summed E-state index contributed by atoms with van der Waals surface area (Å²) in [5, 5.41) is 0.993. The lowest BCUT2D eigenvalue weighted by molar-refractivity contribution is 0.616. The van der Waals surface area contributed by atoms with E-state index in [0.29, 0.717) is 5.69 Å². The molecule has 0 bridgehead atoms. The Morgan fingerprint density at radius 3 is 3.00 bits per heavy atom. The molecule has 49 valence electrons. The highest BCUT2D eigenvalue weighted by atomic mass is 16.3. The van der Waals surface area contributed by atoms with Gasteiger partial charge in [-0.15, -0.1) is 0 Å². The zero-order chi connectivity index (χ0) is 6.97. The number of hydrogen-bond donors (Lipinski definition) is 0. The third kappa shape index (κ3) is 0.658. The minimum Gasteiger partial charge on any atom is -0.464 e. The van der Waals surface area contributed by atoms with E-state index in [-0.39, 0.29) is 0 Å². The fourth-order valence-electron chi connectivity index (χ4n) is 0.967. The molecule has 0 atom stereocenters. The quantitative estimate of drug-likeness (QED) is 0.542. The van der Waals surface area contributed by atoms with Gasteiger partial charge in [0.2, 0.25) is 0 Å². The Morgan fingerprint density at radius 2 is 2.10 bits per heavy atom. The van der Waals surface area contributed by atoms with E-state index in [1.807, 2.05) is 6.07 Å². The van der Waals surface area contributed by atoms with Crippen molar-refractivity contribution in [1.82, 2.24) is 5.73 Å². The maximum atomic E-state index is 7.27. The van der Waals surface area contributed by atoms with Crippen LogP contribution in [0.2, 0.25) is 0 Å². The van der Waals surface area contributed by atoms with Crippen LogP contribution in [0.4, 0.5) is 5.69 Å². The molecule has 0 aliphatic heterocycles.